The van der Waals surface area contributed by atoms with Gasteiger partial charge in [-0.15, -0.1) is 0 Å². The lowest BCUT2D eigenvalue weighted by molar-refractivity contribution is -0.149. The molecule has 5 nitrogen and oxygen atoms in total. The van der Waals surface area contributed by atoms with Crippen LogP contribution in [0.4, 0.5) is 4.39 Å². The summed E-state index contributed by atoms with van der Waals surface area (Å²) in [5, 5.41) is 17.6. The number of ether oxygens (including phenoxy) is 1. The van der Waals surface area contributed by atoms with E-state index in [9.17, 15) is 14.3 Å². The number of rotatable bonds is 2. The molecule has 1 fully saturated rings. The summed E-state index contributed by atoms with van der Waals surface area (Å²) in [6.07, 6.45) is 2.84. The molecule has 1 aliphatic rings. The van der Waals surface area contributed by atoms with Crippen molar-refractivity contribution in [2.24, 2.45) is 5.92 Å². The van der Waals surface area contributed by atoms with E-state index in [-0.39, 0.29) is 23.9 Å². The highest BCUT2D eigenvalue weighted by atomic mass is 19.1. The Morgan fingerprint density at radius 1 is 1.40 bits per heavy atom. The molecule has 0 bridgehead atoms. The topological polar surface area (TPSA) is 79.7 Å². The van der Waals surface area contributed by atoms with Gasteiger partial charge < -0.3 is 14.9 Å². The Labute approximate surface area is 117 Å². The zero-order valence-electron chi connectivity index (χ0n) is 11.5. The van der Waals surface area contributed by atoms with E-state index < -0.39 is 5.95 Å². The summed E-state index contributed by atoms with van der Waals surface area (Å²) in [6.45, 7) is 2.27. The number of aliphatic hydroxyl groups is 1. The first-order valence-electron chi connectivity index (χ1n) is 6.69. The lowest BCUT2D eigenvalue weighted by atomic mass is 9.88. The Hall–Kier alpha value is -1.69. The van der Waals surface area contributed by atoms with Crippen LogP contribution in [0.3, 0.4) is 0 Å². The van der Waals surface area contributed by atoms with Crippen LogP contribution in [0.1, 0.15) is 32.6 Å². The number of esters is 1. The number of aromatic nitrogens is 1. The van der Waals surface area contributed by atoms with Gasteiger partial charge in [0.25, 0.3) is 0 Å². The number of hydrogen-bond acceptors (Lipinski definition) is 5. The number of nitrogens with zero attached hydrogens (tertiary/aromatic N) is 1. The quantitative estimate of drug-likeness (QED) is 0.642. The van der Waals surface area contributed by atoms with Gasteiger partial charge in [0, 0.05) is 6.07 Å². The molecular formula is C14H20FNO4. The molecule has 0 aliphatic heterocycles. The van der Waals surface area contributed by atoms with Crippen molar-refractivity contribution in [3.8, 4) is 5.88 Å². The first kappa shape index (κ1) is 16.4. The van der Waals surface area contributed by atoms with Crippen LogP contribution in [-0.4, -0.2) is 33.9 Å². The summed E-state index contributed by atoms with van der Waals surface area (Å²) in [6, 6.07) is 3.86. The molecule has 0 spiro atoms. The number of carbonyl (C=O) groups excluding carboxylic acids is 1. The molecule has 0 unspecified atom stereocenters. The van der Waals surface area contributed by atoms with E-state index in [1.165, 1.54) is 18.2 Å². The fourth-order valence-electron chi connectivity index (χ4n) is 1.97. The Morgan fingerprint density at radius 2 is 2.05 bits per heavy atom. The highest BCUT2D eigenvalue weighted by Crippen LogP contribution is 2.24. The highest BCUT2D eigenvalue weighted by Gasteiger charge is 2.25. The van der Waals surface area contributed by atoms with E-state index in [1.54, 1.807) is 0 Å². The molecule has 20 heavy (non-hydrogen) atoms. The normalized spacial score (nSPS) is 21.6. The average Bonchev–Trinajstić information content (AvgIpc) is 2.40. The maximum Gasteiger partial charge on any atom is 0.308 e. The van der Waals surface area contributed by atoms with Crippen molar-refractivity contribution in [1.82, 2.24) is 4.98 Å². The van der Waals surface area contributed by atoms with Crippen LogP contribution in [0.15, 0.2) is 18.2 Å². The summed E-state index contributed by atoms with van der Waals surface area (Å²) in [5.41, 5.74) is 0. The summed E-state index contributed by atoms with van der Waals surface area (Å²) in [4.78, 5) is 14.3. The number of pyridine rings is 1. The molecule has 1 aromatic heterocycles. The predicted molar refractivity (Wildman–Crippen MR) is 70.5 cm³/mol. The van der Waals surface area contributed by atoms with E-state index in [4.69, 9.17) is 9.84 Å². The maximum absolute atomic E-state index is 11.9. The minimum absolute atomic E-state index is 0.0355. The minimum Gasteiger partial charge on any atom is -0.493 e. The first-order valence-corrected chi connectivity index (χ1v) is 6.69. The molecule has 2 rings (SSSR count). The van der Waals surface area contributed by atoms with E-state index in [0.717, 1.165) is 25.7 Å². The first-order chi connectivity index (χ1) is 9.52. The fourth-order valence-corrected chi connectivity index (χ4v) is 1.97. The van der Waals surface area contributed by atoms with Gasteiger partial charge in [0.15, 0.2) is 0 Å². The van der Waals surface area contributed by atoms with Gasteiger partial charge >= 0.3 is 5.97 Å². The molecular weight excluding hydrogens is 265 g/mol. The van der Waals surface area contributed by atoms with Gasteiger partial charge in [0.05, 0.1) is 18.6 Å². The second-order valence-corrected chi connectivity index (χ2v) is 4.58. The summed E-state index contributed by atoms with van der Waals surface area (Å²) in [5.74, 6) is -1.01. The second kappa shape index (κ2) is 8.47. The van der Waals surface area contributed by atoms with E-state index >= 15 is 0 Å². The number of halogens is 1. The summed E-state index contributed by atoms with van der Waals surface area (Å²) >= 11 is 0. The molecule has 1 aromatic rings. The van der Waals surface area contributed by atoms with Crippen LogP contribution < -0.4 is 0 Å². The van der Waals surface area contributed by atoms with Crippen molar-refractivity contribution in [2.45, 2.75) is 38.7 Å². The molecule has 1 saturated carbocycles. The van der Waals surface area contributed by atoms with E-state index in [1.807, 2.05) is 6.92 Å². The maximum atomic E-state index is 11.9. The highest BCUT2D eigenvalue weighted by molar-refractivity contribution is 5.72. The van der Waals surface area contributed by atoms with Crippen molar-refractivity contribution in [1.29, 1.82) is 0 Å². The van der Waals surface area contributed by atoms with Crippen LogP contribution in [0.25, 0.3) is 0 Å². The third kappa shape index (κ3) is 5.97. The Morgan fingerprint density at radius 3 is 2.50 bits per heavy atom. The largest absolute Gasteiger partial charge is 0.493 e. The molecule has 1 aliphatic carbocycles. The third-order valence-corrected chi connectivity index (χ3v) is 3.02. The number of carbonyl (C=O) groups is 1. The average molecular weight is 285 g/mol. The van der Waals surface area contributed by atoms with Crippen LogP contribution in [0, 0.1) is 11.9 Å². The van der Waals surface area contributed by atoms with Crippen LogP contribution in [-0.2, 0) is 9.53 Å². The van der Waals surface area contributed by atoms with Gasteiger partial charge in [-0.1, -0.05) is 6.07 Å². The summed E-state index contributed by atoms with van der Waals surface area (Å²) < 4.78 is 16.8. The van der Waals surface area contributed by atoms with Crippen LogP contribution >= 0.6 is 0 Å². The standard InChI is InChI=1S/C9H16O3.C5H4FNO/c1-2-12-9(11)7-3-5-8(10)6-4-7;6-4-2-1-3-5(8)7-4/h7-8,10H,2-6H2,1H3;1-3H,(H,7,8). The van der Waals surface area contributed by atoms with Crippen molar-refractivity contribution >= 4 is 5.97 Å². The van der Waals surface area contributed by atoms with Gasteiger partial charge in [-0.05, 0) is 38.7 Å². The van der Waals surface area contributed by atoms with Crippen LogP contribution in [0.5, 0.6) is 5.88 Å². The fraction of sp³-hybridized carbons (Fsp3) is 0.571. The zero-order valence-corrected chi connectivity index (χ0v) is 11.5. The van der Waals surface area contributed by atoms with Crippen molar-refractivity contribution < 1.29 is 24.1 Å². The van der Waals surface area contributed by atoms with E-state index in [2.05, 4.69) is 4.98 Å². The molecule has 0 aromatic carbocycles. The molecule has 0 saturated heterocycles. The van der Waals surface area contributed by atoms with Crippen LogP contribution in [0.2, 0.25) is 0 Å². The van der Waals surface area contributed by atoms with Crippen molar-refractivity contribution in [3.05, 3.63) is 24.1 Å². The van der Waals surface area contributed by atoms with Gasteiger partial charge in [-0.25, -0.2) is 0 Å². The smallest absolute Gasteiger partial charge is 0.308 e. The lowest BCUT2D eigenvalue weighted by Gasteiger charge is -2.23. The summed E-state index contributed by atoms with van der Waals surface area (Å²) in [7, 11) is 0. The van der Waals surface area contributed by atoms with Gasteiger partial charge in [-0.3, -0.25) is 4.79 Å². The molecule has 112 valence electrons. The molecule has 2 N–H and O–H groups in total. The van der Waals surface area contributed by atoms with Gasteiger partial charge in [0.1, 0.15) is 0 Å². The SMILES string of the molecule is CCOC(=O)C1CCC(O)CC1.Oc1cccc(F)n1. The van der Waals surface area contributed by atoms with Gasteiger partial charge in [0.2, 0.25) is 11.8 Å². The number of aromatic hydroxyl groups is 1. The molecule has 0 radical (unpaired) electrons. The second-order valence-electron chi connectivity index (χ2n) is 4.58. The monoisotopic (exact) mass is 285 g/mol. The molecule has 0 atom stereocenters. The Kier molecular flexibility index (Phi) is 6.93. The van der Waals surface area contributed by atoms with E-state index in [0.29, 0.717) is 6.61 Å². The van der Waals surface area contributed by atoms with Gasteiger partial charge in [-0.2, -0.15) is 9.37 Å². The van der Waals surface area contributed by atoms with Crippen molar-refractivity contribution in [2.75, 3.05) is 6.61 Å². The predicted octanol–water partition coefficient (Wildman–Crippen LogP) is 2.03. The zero-order chi connectivity index (χ0) is 15.0. The minimum atomic E-state index is -0.662. The number of hydrogen-bond donors (Lipinski definition) is 2. The molecule has 6 heteroatoms. The van der Waals surface area contributed by atoms with Crippen molar-refractivity contribution in [3.63, 3.8) is 0 Å². The Balaban J connectivity index is 0.000000217. The number of aliphatic hydroxyl groups excluding tert-OH is 1. The Bertz CT molecular complexity index is 402. The molecule has 1 heterocycles. The molecule has 0 amide bonds. The third-order valence-electron chi connectivity index (χ3n) is 3.02. The lowest BCUT2D eigenvalue weighted by Crippen LogP contribution is -2.25.